The number of nitrogens with one attached hydrogen (secondary N) is 1. The van der Waals surface area contributed by atoms with Crippen molar-refractivity contribution < 1.29 is 14.3 Å². The first-order valence-electron chi connectivity index (χ1n) is 7.25. The molecule has 1 aromatic carbocycles. The van der Waals surface area contributed by atoms with E-state index in [-0.39, 0.29) is 18.8 Å². The Morgan fingerprint density at radius 3 is 2.87 bits per heavy atom. The van der Waals surface area contributed by atoms with Crippen molar-refractivity contribution in [3.05, 3.63) is 51.7 Å². The zero-order valence-electron chi connectivity index (χ0n) is 12.4. The zero-order valence-corrected chi connectivity index (χ0v) is 14.0. The molecule has 3 rings (SSSR count). The van der Waals surface area contributed by atoms with Crippen LogP contribution in [0.2, 0.25) is 4.34 Å². The first kappa shape index (κ1) is 16.3. The van der Waals surface area contributed by atoms with Crippen LogP contribution >= 0.6 is 22.9 Å². The Labute approximate surface area is 143 Å². The van der Waals surface area contributed by atoms with Crippen LogP contribution < -0.4 is 10.2 Å². The van der Waals surface area contributed by atoms with Crippen LogP contribution in [-0.4, -0.2) is 38.6 Å². The SMILES string of the molecule is O=C(NC[C@H]1CN(c2ccccc2)COCO1)c1ccc(Cl)s1. The number of carbonyl (C=O) groups excluding carboxylic acids is 1. The molecule has 1 aliphatic heterocycles. The van der Waals surface area contributed by atoms with Gasteiger partial charge in [0.25, 0.3) is 5.91 Å². The second-order valence-electron chi connectivity index (χ2n) is 5.11. The van der Waals surface area contributed by atoms with Crippen LogP contribution in [0.25, 0.3) is 0 Å². The van der Waals surface area contributed by atoms with Gasteiger partial charge in [-0.15, -0.1) is 11.3 Å². The van der Waals surface area contributed by atoms with Gasteiger partial charge in [0, 0.05) is 18.8 Å². The molecule has 122 valence electrons. The van der Waals surface area contributed by atoms with Gasteiger partial charge < -0.3 is 19.7 Å². The summed E-state index contributed by atoms with van der Waals surface area (Å²) in [6.45, 7) is 1.75. The van der Waals surface area contributed by atoms with Gasteiger partial charge in [0.15, 0.2) is 0 Å². The number of halogens is 1. The first-order chi connectivity index (χ1) is 11.2. The lowest BCUT2D eigenvalue weighted by molar-refractivity contribution is -0.0631. The molecule has 1 aliphatic rings. The molecule has 0 bridgehead atoms. The van der Waals surface area contributed by atoms with Gasteiger partial charge in [-0.25, -0.2) is 0 Å². The highest BCUT2D eigenvalue weighted by molar-refractivity contribution is 7.17. The molecule has 0 radical (unpaired) electrons. The molecule has 1 aromatic heterocycles. The van der Waals surface area contributed by atoms with E-state index >= 15 is 0 Å². The second-order valence-corrected chi connectivity index (χ2v) is 6.83. The number of para-hydroxylation sites is 1. The molecule has 7 heteroatoms. The van der Waals surface area contributed by atoms with Crippen molar-refractivity contribution in [2.24, 2.45) is 0 Å². The van der Waals surface area contributed by atoms with E-state index in [1.165, 1.54) is 11.3 Å². The van der Waals surface area contributed by atoms with Crippen molar-refractivity contribution in [1.82, 2.24) is 5.32 Å². The van der Waals surface area contributed by atoms with Crippen molar-refractivity contribution in [1.29, 1.82) is 0 Å². The molecule has 0 unspecified atom stereocenters. The molecule has 2 heterocycles. The Morgan fingerprint density at radius 1 is 1.30 bits per heavy atom. The molecule has 0 aliphatic carbocycles. The number of nitrogens with zero attached hydrogens (tertiary/aromatic N) is 1. The summed E-state index contributed by atoms with van der Waals surface area (Å²) in [5, 5.41) is 2.89. The first-order valence-corrected chi connectivity index (χ1v) is 8.45. The fourth-order valence-corrected chi connectivity index (χ4v) is 3.27. The zero-order chi connectivity index (χ0) is 16.1. The minimum absolute atomic E-state index is 0.137. The van der Waals surface area contributed by atoms with E-state index in [0.717, 1.165) is 5.69 Å². The molecule has 1 saturated heterocycles. The Hall–Kier alpha value is -1.60. The van der Waals surface area contributed by atoms with Gasteiger partial charge in [-0.2, -0.15) is 0 Å². The lowest BCUT2D eigenvalue weighted by atomic mass is 10.2. The number of ether oxygens (including phenoxy) is 2. The van der Waals surface area contributed by atoms with Crippen molar-refractivity contribution in [3.8, 4) is 0 Å². The molecule has 0 spiro atoms. The smallest absolute Gasteiger partial charge is 0.261 e. The van der Waals surface area contributed by atoms with E-state index in [4.69, 9.17) is 21.1 Å². The van der Waals surface area contributed by atoms with Crippen molar-refractivity contribution in [3.63, 3.8) is 0 Å². The largest absolute Gasteiger partial charge is 0.349 e. The van der Waals surface area contributed by atoms with Crippen LogP contribution in [0.3, 0.4) is 0 Å². The Morgan fingerprint density at radius 2 is 2.13 bits per heavy atom. The summed E-state index contributed by atoms with van der Waals surface area (Å²) in [7, 11) is 0. The predicted molar refractivity (Wildman–Crippen MR) is 91.1 cm³/mol. The van der Waals surface area contributed by atoms with E-state index in [2.05, 4.69) is 10.2 Å². The maximum absolute atomic E-state index is 12.1. The van der Waals surface area contributed by atoms with E-state index < -0.39 is 0 Å². The highest BCUT2D eigenvalue weighted by atomic mass is 35.5. The maximum Gasteiger partial charge on any atom is 0.261 e. The molecule has 5 nitrogen and oxygen atoms in total. The molecule has 1 N–H and O–H groups in total. The molecule has 0 saturated carbocycles. The summed E-state index contributed by atoms with van der Waals surface area (Å²) >= 11 is 7.11. The van der Waals surface area contributed by atoms with Gasteiger partial charge in [-0.1, -0.05) is 29.8 Å². The fraction of sp³-hybridized carbons (Fsp3) is 0.312. The van der Waals surface area contributed by atoms with Crippen LogP contribution in [0.5, 0.6) is 0 Å². The number of benzene rings is 1. The molecule has 1 atom stereocenters. The normalized spacial score (nSPS) is 18.5. The number of hydrogen-bond donors (Lipinski definition) is 1. The summed E-state index contributed by atoms with van der Waals surface area (Å²) in [6.07, 6.45) is -0.142. The summed E-state index contributed by atoms with van der Waals surface area (Å²) in [5.41, 5.74) is 1.07. The lowest BCUT2D eigenvalue weighted by Gasteiger charge is -2.24. The summed E-state index contributed by atoms with van der Waals surface area (Å²) in [4.78, 5) is 14.8. The van der Waals surface area contributed by atoms with Crippen LogP contribution in [-0.2, 0) is 9.47 Å². The maximum atomic E-state index is 12.1. The number of anilines is 1. The number of hydrogen-bond acceptors (Lipinski definition) is 5. The van der Waals surface area contributed by atoms with Gasteiger partial charge in [0.2, 0.25) is 0 Å². The number of thiophene rings is 1. The molecule has 1 fully saturated rings. The Balaban J connectivity index is 1.57. The monoisotopic (exact) mass is 352 g/mol. The molecule has 2 aromatic rings. The van der Waals surface area contributed by atoms with Crippen LogP contribution in [0, 0.1) is 0 Å². The lowest BCUT2D eigenvalue weighted by Crippen LogP contribution is -2.40. The highest BCUT2D eigenvalue weighted by Crippen LogP contribution is 2.21. The predicted octanol–water partition coefficient (Wildman–Crippen LogP) is 2.97. The minimum Gasteiger partial charge on any atom is -0.349 e. The third-order valence-electron chi connectivity index (χ3n) is 3.47. The number of amides is 1. The summed E-state index contributed by atoms with van der Waals surface area (Å²) < 4.78 is 11.7. The number of rotatable bonds is 4. The van der Waals surface area contributed by atoms with Crippen LogP contribution in [0.15, 0.2) is 42.5 Å². The van der Waals surface area contributed by atoms with E-state index in [9.17, 15) is 4.79 Å². The molecule has 1 amide bonds. The van der Waals surface area contributed by atoms with Gasteiger partial charge in [-0.05, 0) is 24.3 Å². The van der Waals surface area contributed by atoms with Crippen LogP contribution in [0.1, 0.15) is 9.67 Å². The highest BCUT2D eigenvalue weighted by Gasteiger charge is 2.20. The van der Waals surface area contributed by atoms with Gasteiger partial charge in [0.05, 0.1) is 15.3 Å². The van der Waals surface area contributed by atoms with E-state index in [1.807, 2.05) is 30.3 Å². The van der Waals surface area contributed by atoms with Gasteiger partial charge >= 0.3 is 0 Å². The fourth-order valence-electron chi connectivity index (χ4n) is 2.32. The molecule has 23 heavy (non-hydrogen) atoms. The van der Waals surface area contributed by atoms with E-state index in [1.54, 1.807) is 12.1 Å². The third kappa shape index (κ3) is 4.45. The average Bonchev–Trinajstić information content (AvgIpc) is 2.88. The van der Waals surface area contributed by atoms with Crippen molar-refractivity contribution in [2.45, 2.75) is 6.10 Å². The van der Waals surface area contributed by atoms with Gasteiger partial charge in [0.1, 0.15) is 13.5 Å². The second kappa shape index (κ2) is 7.79. The number of carbonyl (C=O) groups is 1. The standard InChI is InChI=1S/C16H17ClN2O3S/c17-15-7-6-14(23-15)16(20)18-8-13-9-19(10-21-11-22-13)12-4-2-1-3-5-12/h1-7,13H,8-11H2,(H,18,20)/t13-/m0/s1. The van der Waals surface area contributed by atoms with Crippen molar-refractivity contribution in [2.75, 3.05) is 31.5 Å². The quantitative estimate of drug-likeness (QED) is 0.919. The summed E-state index contributed by atoms with van der Waals surface area (Å²) in [6, 6.07) is 13.4. The summed E-state index contributed by atoms with van der Waals surface area (Å²) in [5.74, 6) is -0.137. The van der Waals surface area contributed by atoms with Gasteiger partial charge in [-0.3, -0.25) is 4.79 Å². The minimum atomic E-state index is -0.142. The van der Waals surface area contributed by atoms with Crippen LogP contribution in [0.4, 0.5) is 5.69 Å². The average molecular weight is 353 g/mol. The Bertz CT molecular complexity index is 650. The third-order valence-corrected chi connectivity index (χ3v) is 4.70. The molecular weight excluding hydrogens is 336 g/mol. The topological polar surface area (TPSA) is 50.8 Å². The molecular formula is C16H17ClN2O3S. The van der Waals surface area contributed by atoms with Crippen molar-refractivity contribution >= 4 is 34.5 Å². The van der Waals surface area contributed by atoms with E-state index in [0.29, 0.717) is 29.0 Å². The Kier molecular flexibility index (Phi) is 5.51.